The smallest absolute Gasteiger partial charge is 0.245 e. The van der Waals surface area contributed by atoms with Crippen LogP contribution in [0.4, 0.5) is 10.1 Å². The summed E-state index contributed by atoms with van der Waals surface area (Å²) in [5, 5.41) is 0. The average molecular weight is 288 g/mol. The second-order valence-electron chi connectivity index (χ2n) is 4.76. The van der Waals surface area contributed by atoms with E-state index in [9.17, 15) is 12.8 Å². The van der Waals surface area contributed by atoms with Crippen molar-refractivity contribution in [2.75, 3.05) is 18.8 Å². The summed E-state index contributed by atoms with van der Waals surface area (Å²) in [7, 11) is -3.71. The van der Waals surface area contributed by atoms with E-state index in [-0.39, 0.29) is 35.9 Å². The van der Waals surface area contributed by atoms with Gasteiger partial charge in [0.1, 0.15) is 10.7 Å². The summed E-state index contributed by atoms with van der Waals surface area (Å²) in [5.74, 6) is -0.555. The molecule has 106 valence electrons. The fourth-order valence-corrected chi connectivity index (χ4v) is 3.91. The minimum atomic E-state index is -3.71. The minimum Gasteiger partial charge on any atom is -0.398 e. The fraction of sp³-hybridized carbons (Fsp3) is 0.500. The van der Waals surface area contributed by atoms with Crippen LogP contribution in [-0.2, 0) is 14.8 Å². The number of benzene rings is 1. The highest BCUT2D eigenvalue weighted by atomic mass is 32.2. The van der Waals surface area contributed by atoms with Crippen molar-refractivity contribution in [1.29, 1.82) is 0 Å². The molecule has 2 unspecified atom stereocenters. The summed E-state index contributed by atoms with van der Waals surface area (Å²) in [4.78, 5) is -0.0600. The van der Waals surface area contributed by atoms with Crippen LogP contribution < -0.4 is 5.73 Å². The summed E-state index contributed by atoms with van der Waals surface area (Å²) in [5.41, 5.74) is 5.53. The SMILES string of the molecule is CC1CN(S(=O)(=O)c2ccc(F)cc2N)CC(C)O1. The highest BCUT2D eigenvalue weighted by molar-refractivity contribution is 7.89. The lowest BCUT2D eigenvalue weighted by Crippen LogP contribution is -2.48. The van der Waals surface area contributed by atoms with Gasteiger partial charge in [0, 0.05) is 13.1 Å². The molecule has 0 bridgehead atoms. The van der Waals surface area contributed by atoms with E-state index >= 15 is 0 Å². The largest absolute Gasteiger partial charge is 0.398 e. The normalized spacial score (nSPS) is 25.4. The molecule has 7 heteroatoms. The lowest BCUT2D eigenvalue weighted by atomic mass is 10.3. The Morgan fingerprint density at radius 1 is 1.32 bits per heavy atom. The number of ether oxygens (including phenoxy) is 1. The topological polar surface area (TPSA) is 72.6 Å². The van der Waals surface area contributed by atoms with Crippen LogP contribution in [-0.4, -0.2) is 38.0 Å². The number of rotatable bonds is 2. The molecule has 1 aliphatic rings. The van der Waals surface area contributed by atoms with Gasteiger partial charge < -0.3 is 10.5 Å². The van der Waals surface area contributed by atoms with Gasteiger partial charge >= 0.3 is 0 Å². The van der Waals surface area contributed by atoms with Crippen LogP contribution >= 0.6 is 0 Å². The first kappa shape index (κ1) is 14.2. The number of morpholine rings is 1. The maximum Gasteiger partial charge on any atom is 0.245 e. The van der Waals surface area contributed by atoms with Crippen LogP contribution in [0.1, 0.15) is 13.8 Å². The zero-order valence-electron chi connectivity index (χ0n) is 10.8. The Morgan fingerprint density at radius 3 is 2.42 bits per heavy atom. The molecule has 0 spiro atoms. The van der Waals surface area contributed by atoms with Gasteiger partial charge in [0.25, 0.3) is 0 Å². The van der Waals surface area contributed by atoms with Crippen molar-refractivity contribution in [1.82, 2.24) is 4.31 Å². The summed E-state index contributed by atoms with van der Waals surface area (Å²) < 4.78 is 44.8. The zero-order valence-corrected chi connectivity index (χ0v) is 11.7. The van der Waals surface area contributed by atoms with Crippen LogP contribution in [0.25, 0.3) is 0 Å². The van der Waals surface area contributed by atoms with Gasteiger partial charge in [-0.3, -0.25) is 0 Å². The Balaban J connectivity index is 2.36. The number of nitrogen functional groups attached to an aromatic ring is 1. The van der Waals surface area contributed by atoms with Gasteiger partial charge in [-0.15, -0.1) is 0 Å². The molecule has 1 fully saturated rings. The van der Waals surface area contributed by atoms with Crippen molar-refractivity contribution in [3.63, 3.8) is 0 Å². The van der Waals surface area contributed by atoms with E-state index in [2.05, 4.69) is 0 Å². The molecule has 2 atom stereocenters. The van der Waals surface area contributed by atoms with E-state index in [1.807, 2.05) is 13.8 Å². The summed E-state index contributed by atoms with van der Waals surface area (Å²) in [6.07, 6.45) is -0.361. The molecule has 0 amide bonds. The van der Waals surface area contributed by atoms with Gasteiger partial charge in [-0.1, -0.05) is 0 Å². The maximum absolute atomic E-state index is 13.0. The second-order valence-corrected chi connectivity index (χ2v) is 6.67. The quantitative estimate of drug-likeness (QED) is 0.830. The first-order valence-corrected chi connectivity index (χ1v) is 7.45. The molecule has 0 radical (unpaired) electrons. The van der Waals surface area contributed by atoms with Crippen LogP contribution in [0.5, 0.6) is 0 Å². The number of anilines is 1. The Hall–Kier alpha value is -1.18. The molecule has 19 heavy (non-hydrogen) atoms. The van der Waals surface area contributed by atoms with Crippen LogP contribution in [0.3, 0.4) is 0 Å². The van der Waals surface area contributed by atoms with Crippen molar-refractivity contribution >= 4 is 15.7 Å². The number of hydrogen-bond donors (Lipinski definition) is 1. The lowest BCUT2D eigenvalue weighted by molar-refractivity contribution is -0.0440. The van der Waals surface area contributed by atoms with Gasteiger partial charge in [0.2, 0.25) is 10.0 Å². The molecule has 1 aliphatic heterocycles. The molecule has 1 aromatic carbocycles. The highest BCUT2D eigenvalue weighted by Gasteiger charge is 2.33. The molecule has 2 rings (SSSR count). The molecule has 1 aromatic rings. The predicted octanol–water partition coefficient (Wildman–Crippen LogP) is 1.21. The molecule has 1 saturated heterocycles. The fourth-order valence-electron chi connectivity index (χ4n) is 2.22. The van der Waals surface area contributed by atoms with E-state index in [0.29, 0.717) is 0 Å². The Bertz CT molecular complexity index is 566. The Labute approximate surface area is 112 Å². The van der Waals surface area contributed by atoms with Crippen molar-refractivity contribution in [3.8, 4) is 0 Å². The van der Waals surface area contributed by atoms with E-state index in [1.54, 1.807) is 0 Å². The lowest BCUT2D eigenvalue weighted by Gasteiger charge is -2.34. The third-order valence-electron chi connectivity index (χ3n) is 2.98. The van der Waals surface area contributed by atoms with Crippen LogP contribution in [0.15, 0.2) is 23.1 Å². The summed E-state index contributed by atoms with van der Waals surface area (Å²) >= 11 is 0. The van der Waals surface area contributed by atoms with Crippen LogP contribution in [0.2, 0.25) is 0 Å². The first-order valence-electron chi connectivity index (χ1n) is 6.01. The molecule has 1 heterocycles. The van der Waals surface area contributed by atoms with Crippen molar-refractivity contribution < 1.29 is 17.5 Å². The van der Waals surface area contributed by atoms with E-state index in [1.165, 1.54) is 10.4 Å². The molecule has 2 N–H and O–H groups in total. The van der Waals surface area contributed by atoms with E-state index in [0.717, 1.165) is 12.1 Å². The number of nitrogens with two attached hydrogens (primary N) is 1. The van der Waals surface area contributed by atoms with Crippen molar-refractivity contribution in [3.05, 3.63) is 24.0 Å². The van der Waals surface area contributed by atoms with Gasteiger partial charge in [-0.05, 0) is 32.0 Å². The molecule has 5 nitrogen and oxygen atoms in total. The summed E-state index contributed by atoms with van der Waals surface area (Å²) in [6, 6.07) is 3.31. The molecule has 0 aromatic heterocycles. The number of sulfonamides is 1. The first-order chi connectivity index (χ1) is 8.80. The average Bonchev–Trinajstić information content (AvgIpc) is 2.26. The van der Waals surface area contributed by atoms with Gasteiger partial charge in [-0.25, -0.2) is 12.8 Å². The Morgan fingerprint density at radius 2 is 1.89 bits per heavy atom. The molecular weight excluding hydrogens is 271 g/mol. The van der Waals surface area contributed by atoms with Crippen molar-refractivity contribution in [2.24, 2.45) is 0 Å². The number of nitrogens with zero attached hydrogens (tertiary/aromatic N) is 1. The highest BCUT2D eigenvalue weighted by Crippen LogP contribution is 2.25. The zero-order chi connectivity index (χ0) is 14.2. The summed E-state index contributed by atoms with van der Waals surface area (Å²) in [6.45, 7) is 4.16. The standard InChI is InChI=1S/C12H17FN2O3S/c1-8-6-15(7-9(2)18-8)19(16,17)12-4-3-10(13)5-11(12)14/h3-5,8-9H,6-7,14H2,1-2H3. The minimum absolute atomic E-state index is 0.0600. The second kappa shape index (κ2) is 5.07. The van der Waals surface area contributed by atoms with Gasteiger partial charge in [0.05, 0.1) is 17.9 Å². The molecular formula is C12H17FN2O3S. The molecule has 0 aliphatic carbocycles. The number of halogens is 1. The molecule has 0 saturated carbocycles. The third-order valence-corrected chi connectivity index (χ3v) is 4.88. The van der Waals surface area contributed by atoms with Crippen molar-refractivity contribution in [2.45, 2.75) is 31.0 Å². The monoisotopic (exact) mass is 288 g/mol. The number of hydrogen-bond acceptors (Lipinski definition) is 4. The van der Waals surface area contributed by atoms with Gasteiger partial charge in [0.15, 0.2) is 0 Å². The predicted molar refractivity (Wildman–Crippen MR) is 69.6 cm³/mol. The maximum atomic E-state index is 13.0. The van der Waals surface area contributed by atoms with E-state index < -0.39 is 15.8 Å². The Kier molecular flexibility index (Phi) is 3.80. The third kappa shape index (κ3) is 2.88. The van der Waals surface area contributed by atoms with E-state index in [4.69, 9.17) is 10.5 Å². The van der Waals surface area contributed by atoms with Gasteiger partial charge in [-0.2, -0.15) is 4.31 Å². The van der Waals surface area contributed by atoms with Crippen LogP contribution in [0, 0.1) is 5.82 Å².